The third kappa shape index (κ3) is 11.2. The lowest BCUT2D eigenvalue weighted by Crippen LogP contribution is -2.42. The minimum atomic E-state index is -0.663. The summed E-state index contributed by atoms with van der Waals surface area (Å²) < 4.78 is 15.6. The molecule has 0 aromatic heterocycles. The minimum absolute atomic E-state index is 0.0471. The molecule has 0 unspecified atom stereocenters. The lowest BCUT2D eigenvalue weighted by Gasteiger charge is -2.24. The van der Waals surface area contributed by atoms with Gasteiger partial charge in [-0.2, -0.15) is 0 Å². The Labute approximate surface area is 187 Å². The number of carbonyl (C=O) groups excluding carboxylic acids is 3. The van der Waals surface area contributed by atoms with E-state index in [0.29, 0.717) is 22.8 Å². The third-order valence-electron chi connectivity index (χ3n) is 3.77. The molecule has 0 saturated heterocycles. The van der Waals surface area contributed by atoms with Gasteiger partial charge in [-0.15, -0.1) is 0 Å². The number of hydrogen-bond acceptors (Lipinski definition) is 6. The van der Waals surface area contributed by atoms with Crippen LogP contribution in [0.1, 0.15) is 52.0 Å². The number of amides is 2. The van der Waals surface area contributed by atoms with E-state index in [1.54, 1.807) is 39.0 Å². The Bertz CT molecular complexity index is 839. The molecule has 0 aliphatic rings. The molecule has 0 saturated carbocycles. The van der Waals surface area contributed by atoms with Crippen LogP contribution in [0.15, 0.2) is 18.2 Å². The summed E-state index contributed by atoms with van der Waals surface area (Å²) in [5.41, 5.74) is 5.10. The van der Waals surface area contributed by atoms with Crippen LogP contribution >= 0.6 is 11.6 Å². The van der Waals surface area contributed by atoms with Gasteiger partial charge in [0, 0.05) is 18.4 Å². The molecule has 1 aromatic carbocycles. The van der Waals surface area contributed by atoms with Gasteiger partial charge in [-0.3, -0.25) is 9.59 Å². The Hall–Kier alpha value is -2.92. The van der Waals surface area contributed by atoms with Gasteiger partial charge in [0.1, 0.15) is 18.0 Å². The first kappa shape index (κ1) is 26.1. The van der Waals surface area contributed by atoms with Crippen LogP contribution in [-0.2, 0) is 19.1 Å². The number of nitrogens with two attached hydrogens (primary N) is 1. The van der Waals surface area contributed by atoms with E-state index >= 15 is 0 Å². The predicted molar refractivity (Wildman–Crippen MR) is 117 cm³/mol. The highest BCUT2D eigenvalue weighted by atomic mass is 35.5. The van der Waals surface area contributed by atoms with Gasteiger partial charge in [-0.05, 0) is 39.3 Å². The fourth-order valence-electron chi connectivity index (χ4n) is 2.32. The zero-order valence-electron chi connectivity index (χ0n) is 18.2. The Kier molecular flexibility index (Phi) is 10.7. The number of nitrogens with one attached hydrogen (secondary N) is 1. The highest BCUT2D eigenvalue weighted by Crippen LogP contribution is 2.28. The number of rotatable bonds is 9. The fraction of sp³-hybridized carbons (Fsp3) is 0.500. The Balaban J connectivity index is 2.80. The Morgan fingerprint density at radius 1 is 1.23 bits per heavy atom. The number of methoxy groups -OCH3 is 1. The highest BCUT2D eigenvalue weighted by Gasteiger charge is 2.21. The second kappa shape index (κ2) is 12.7. The molecule has 0 spiro atoms. The van der Waals surface area contributed by atoms with Crippen LogP contribution in [0, 0.1) is 11.8 Å². The van der Waals surface area contributed by atoms with E-state index in [1.165, 1.54) is 7.11 Å². The van der Waals surface area contributed by atoms with E-state index in [1.807, 2.05) is 0 Å². The molecule has 1 rings (SSSR count). The normalized spacial score (nSPS) is 11.5. The second-order valence-corrected chi connectivity index (χ2v) is 8.03. The van der Waals surface area contributed by atoms with Gasteiger partial charge in [0.15, 0.2) is 0 Å². The van der Waals surface area contributed by atoms with Crippen LogP contribution in [0.25, 0.3) is 0 Å². The minimum Gasteiger partial charge on any atom is -0.490 e. The Morgan fingerprint density at radius 2 is 1.94 bits per heavy atom. The number of benzene rings is 1. The first-order valence-corrected chi connectivity index (χ1v) is 10.1. The van der Waals surface area contributed by atoms with Crippen molar-refractivity contribution in [1.82, 2.24) is 5.32 Å². The number of alkyl carbamates (subject to hydrolysis) is 1. The molecule has 170 valence electrons. The van der Waals surface area contributed by atoms with E-state index in [4.69, 9.17) is 26.8 Å². The van der Waals surface area contributed by atoms with E-state index in [9.17, 15) is 14.4 Å². The molecular weight excluding hydrogens is 424 g/mol. The largest absolute Gasteiger partial charge is 0.490 e. The van der Waals surface area contributed by atoms with Crippen molar-refractivity contribution < 1.29 is 28.6 Å². The van der Waals surface area contributed by atoms with Gasteiger partial charge in [-0.25, -0.2) is 4.79 Å². The van der Waals surface area contributed by atoms with Crippen LogP contribution in [0.3, 0.4) is 0 Å². The number of halogens is 1. The zero-order valence-corrected chi connectivity index (χ0v) is 19.0. The van der Waals surface area contributed by atoms with Gasteiger partial charge < -0.3 is 25.3 Å². The molecule has 1 aromatic rings. The zero-order chi connectivity index (χ0) is 23.4. The molecule has 9 heteroatoms. The predicted octanol–water partition coefficient (Wildman–Crippen LogP) is 3.18. The second-order valence-electron chi connectivity index (χ2n) is 7.65. The topological polar surface area (TPSA) is 117 Å². The molecule has 0 aliphatic carbocycles. The van der Waals surface area contributed by atoms with E-state index in [2.05, 4.69) is 21.9 Å². The lowest BCUT2D eigenvalue weighted by atomic mass is 10.1. The molecule has 0 heterocycles. The van der Waals surface area contributed by atoms with Crippen LogP contribution in [-0.4, -0.2) is 43.3 Å². The summed E-state index contributed by atoms with van der Waals surface area (Å²) in [7, 11) is 1.32. The highest BCUT2D eigenvalue weighted by molar-refractivity contribution is 6.33. The van der Waals surface area contributed by atoms with Gasteiger partial charge in [0.2, 0.25) is 5.91 Å². The summed E-state index contributed by atoms with van der Waals surface area (Å²) in [6, 6.07) is 4.60. The standard InChI is InChI=1S/C22H29ClN2O6/c1-22(2,3)31-21(28)25-16(12-13-18(24)26)14-30-17-10-7-9-15(20(17)23)8-5-6-11-19(27)29-4/h7,9-10,16H,6,11-14H2,1-4H3,(H2,24,26)(H,25,28)/t16-/m1/s1. The summed E-state index contributed by atoms with van der Waals surface area (Å²) in [4.78, 5) is 34.4. The van der Waals surface area contributed by atoms with Crippen molar-refractivity contribution in [1.29, 1.82) is 0 Å². The van der Waals surface area contributed by atoms with E-state index in [-0.39, 0.29) is 31.8 Å². The van der Waals surface area contributed by atoms with Crippen LogP contribution in [0.4, 0.5) is 4.79 Å². The third-order valence-corrected chi connectivity index (χ3v) is 4.16. The quantitative estimate of drug-likeness (QED) is 0.439. The molecular formula is C22H29ClN2O6. The number of ether oxygens (including phenoxy) is 3. The van der Waals surface area contributed by atoms with E-state index < -0.39 is 23.6 Å². The average molecular weight is 453 g/mol. The monoisotopic (exact) mass is 452 g/mol. The molecule has 0 bridgehead atoms. The maximum absolute atomic E-state index is 12.1. The van der Waals surface area contributed by atoms with Crippen molar-refractivity contribution in [3.63, 3.8) is 0 Å². The SMILES string of the molecule is COC(=O)CCC#Cc1cccc(OC[C@@H](CCC(N)=O)NC(=O)OC(C)(C)C)c1Cl. The smallest absolute Gasteiger partial charge is 0.407 e. The maximum atomic E-state index is 12.1. The molecule has 3 N–H and O–H groups in total. The van der Waals surface area contributed by atoms with Crippen LogP contribution < -0.4 is 15.8 Å². The van der Waals surface area contributed by atoms with Crippen LogP contribution in [0.5, 0.6) is 5.75 Å². The fourth-order valence-corrected chi connectivity index (χ4v) is 2.55. The summed E-state index contributed by atoms with van der Waals surface area (Å²) in [5.74, 6) is 5.31. The summed E-state index contributed by atoms with van der Waals surface area (Å²) >= 11 is 6.38. The first-order chi connectivity index (χ1) is 14.5. The summed E-state index contributed by atoms with van der Waals surface area (Å²) in [6.07, 6.45) is 0.253. The molecule has 0 fully saturated rings. The lowest BCUT2D eigenvalue weighted by molar-refractivity contribution is -0.140. The van der Waals surface area contributed by atoms with E-state index in [0.717, 1.165) is 0 Å². The van der Waals surface area contributed by atoms with Crippen molar-refractivity contribution in [2.24, 2.45) is 5.73 Å². The van der Waals surface area contributed by atoms with Gasteiger partial charge in [-0.1, -0.05) is 29.5 Å². The number of hydrogen-bond donors (Lipinski definition) is 2. The maximum Gasteiger partial charge on any atom is 0.407 e. The van der Waals surface area contributed by atoms with Gasteiger partial charge in [0.25, 0.3) is 0 Å². The molecule has 0 radical (unpaired) electrons. The van der Waals surface area contributed by atoms with Crippen molar-refractivity contribution >= 4 is 29.6 Å². The first-order valence-electron chi connectivity index (χ1n) is 9.76. The number of primary amides is 1. The number of esters is 1. The molecule has 1 atom stereocenters. The molecule has 0 aliphatic heterocycles. The van der Waals surface area contributed by atoms with Gasteiger partial charge in [0.05, 0.1) is 24.6 Å². The van der Waals surface area contributed by atoms with Crippen molar-refractivity contribution in [2.75, 3.05) is 13.7 Å². The van der Waals surface area contributed by atoms with Crippen LogP contribution in [0.2, 0.25) is 5.02 Å². The number of carbonyl (C=O) groups is 3. The van der Waals surface area contributed by atoms with Crippen molar-refractivity contribution in [3.05, 3.63) is 28.8 Å². The summed E-state index contributed by atoms with van der Waals surface area (Å²) in [5, 5.41) is 2.99. The molecule has 31 heavy (non-hydrogen) atoms. The summed E-state index contributed by atoms with van der Waals surface area (Å²) in [6.45, 7) is 5.29. The van der Waals surface area contributed by atoms with Crippen molar-refractivity contribution in [2.45, 2.75) is 58.1 Å². The average Bonchev–Trinajstić information content (AvgIpc) is 2.67. The Morgan fingerprint density at radius 3 is 2.55 bits per heavy atom. The van der Waals surface area contributed by atoms with Crippen molar-refractivity contribution in [3.8, 4) is 17.6 Å². The molecule has 8 nitrogen and oxygen atoms in total. The van der Waals surface area contributed by atoms with Gasteiger partial charge >= 0.3 is 12.1 Å². The molecule has 2 amide bonds.